The molecule has 7 heteroatoms. The fourth-order valence-corrected chi connectivity index (χ4v) is 4.93. The molecule has 0 radical (unpaired) electrons. The van der Waals surface area contributed by atoms with E-state index >= 15 is 0 Å². The quantitative estimate of drug-likeness (QED) is 0.800. The van der Waals surface area contributed by atoms with Gasteiger partial charge < -0.3 is 9.80 Å². The Balaban J connectivity index is 1.46. The fourth-order valence-electron chi connectivity index (χ4n) is 3.94. The number of carbonyl (C=O) groups is 1. The number of hydrogen-bond donors (Lipinski definition) is 0. The first-order valence-electron chi connectivity index (χ1n) is 9.62. The van der Waals surface area contributed by atoms with Gasteiger partial charge in [0.1, 0.15) is 5.01 Å². The third-order valence-corrected chi connectivity index (χ3v) is 6.19. The molecule has 1 aromatic rings. The molecule has 140 valence electrons. The average molecular weight is 366 g/mol. The molecule has 0 aliphatic carbocycles. The van der Waals surface area contributed by atoms with Crippen molar-refractivity contribution in [2.24, 2.45) is 11.8 Å². The minimum atomic E-state index is 0.299. The summed E-state index contributed by atoms with van der Waals surface area (Å²) < 4.78 is 0. The number of aryl methyl sites for hydroxylation is 1. The molecule has 2 aliphatic rings. The SMILES string of the molecule is CCCc1nnc(N2CCN(CC(=O)N3CC(C)CC(C)C3)CC2)s1. The van der Waals surface area contributed by atoms with E-state index in [1.165, 1.54) is 6.42 Å². The molecule has 0 saturated carbocycles. The van der Waals surface area contributed by atoms with Crippen LogP contribution in [0.4, 0.5) is 5.13 Å². The molecule has 0 spiro atoms. The second-order valence-corrected chi connectivity index (χ2v) is 8.78. The van der Waals surface area contributed by atoms with Crippen molar-refractivity contribution < 1.29 is 4.79 Å². The summed E-state index contributed by atoms with van der Waals surface area (Å²) in [7, 11) is 0. The summed E-state index contributed by atoms with van der Waals surface area (Å²) in [6.07, 6.45) is 3.36. The van der Waals surface area contributed by atoms with E-state index in [0.29, 0.717) is 24.3 Å². The monoisotopic (exact) mass is 365 g/mol. The van der Waals surface area contributed by atoms with Crippen LogP contribution in [0.5, 0.6) is 0 Å². The normalized spacial score (nSPS) is 25.4. The van der Waals surface area contributed by atoms with Gasteiger partial charge in [-0.15, -0.1) is 10.2 Å². The van der Waals surface area contributed by atoms with Crippen molar-refractivity contribution in [3.05, 3.63) is 5.01 Å². The number of piperidine rings is 1. The van der Waals surface area contributed by atoms with E-state index < -0.39 is 0 Å². The largest absolute Gasteiger partial charge is 0.344 e. The van der Waals surface area contributed by atoms with E-state index in [4.69, 9.17) is 0 Å². The van der Waals surface area contributed by atoms with Crippen LogP contribution in [0, 0.1) is 11.8 Å². The minimum Gasteiger partial charge on any atom is -0.344 e. The average Bonchev–Trinajstić information content (AvgIpc) is 3.03. The van der Waals surface area contributed by atoms with Crippen LogP contribution in [0.1, 0.15) is 38.6 Å². The highest BCUT2D eigenvalue weighted by Crippen LogP contribution is 2.23. The van der Waals surface area contributed by atoms with Gasteiger partial charge in [-0.3, -0.25) is 9.69 Å². The lowest BCUT2D eigenvalue weighted by atomic mass is 9.92. The molecule has 2 aliphatic heterocycles. The number of rotatable bonds is 5. The standard InChI is InChI=1S/C18H31N5OS/c1-4-5-16-19-20-18(25-16)22-8-6-21(7-9-22)13-17(24)23-11-14(2)10-15(3)12-23/h14-15H,4-13H2,1-3H3. The molecule has 1 aromatic heterocycles. The van der Waals surface area contributed by atoms with Crippen molar-refractivity contribution in [2.45, 2.75) is 40.0 Å². The van der Waals surface area contributed by atoms with Gasteiger partial charge in [0.2, 0.25) is 11.0 Å². The summed E-state index contributed by atoms with van der Waals surface area (Å²) in [5.41, 5.74) is 0. The Kier molecular flexibility index (Phi) is 6.28. The molecule has 0 N–H and O–H groups in total. The van der Waals surface area contributed by atoms with Gasteiger partial charge in [0.25, 0.3) is 0 Å². The first-order valence-corrected chi connectivity index (χ1v) is 10.4. The lowest BCUT2D eigenvalue weighted by Crippen LogP contribution is -2.52. The van der Waals surface area contributed by atoms with E-state index in [9.17, 15) is 4.79 Å². The number of aromatic nitrogens is 2. The summed E-state index contributed by atoms with van der Waals surface area (Å²) in [4.78, 5) is 19.3. The molecule has 3 heterocycles. The molecule has 2 atom stereocenters. The van der Waals surface area contributed by atoms with Crippen molar-refractivity contribution in [1.29, 1.82) is 0 Å². The van der Waals surface area contributed by atoms with Gasteiger partial charge >= 0.3 is 0 Å². The van der Waals surface area contributed by atoms with Crippen LogP contribution >= 0.6 is 11.3 Å². The Hall–Kier alpha value is -1.21. The molecule has 25 heavy (non-hydrogen) atoms. The van der Waals surface area contributed by atoms with Crippen LogP contribution in [0.3, 0.4) is 0 Å². The molecular formula is C18H31N5OS. The van der Waals surface area contributed by atoms with E-state index in [0.717, 1.165) is 62.2 Å². The summed E-state index contributed by atoms with van der Waals surface area (Å²) >= 11 is 1.71. The second kappa shape index (κ2) is 8.45. The minimum absolute atomic E-state index is 0.299. The molecule has 3 rings (SSSR count). The topological polar surface area (TPSA) is 52.6 Å². The van der Waals surface area contributed by atoms with Crippen molar-refractivity contribution in [1.82, 2.24) is 20.0 Å². The predicted octanol–water partition coefficient (Wildman–Crippen LogP) is 2.12. The molecule has 0 aromatic carbocycles. The smallest absolute Gasteiger partial charge is 0.236 e. The van der Waals surface area contributed by atoms with Crippen LogP contribution in [0.15, 0.2) is 0 Å². The lowest BCUT2D eigenvalue weighted by molar-refractivity contribution is -0.135. The van der Waals surface area contributed by atoms with Crippen LogP contribution in [-0.4, -0.2) is 71.7 Å². The lowest BCUT2D eigenvalue weighted by Gasteiger charge is -2.38. The Morgan fingerprint density at radius 3 is 2.44 bits per heavy atom. The van der Waals surface area contributed by atoms with Crippen LogP contribution in [0.2, 0.25) is 0 Å². The van der Waals surface area contributed by atoms with E-state index in [1.54, 1.807) is 11.3 Å². The maximum Gasteiger partial charge on any atom is 0.236 e. The maximum absolute atomic E-state index is 12.6. The fraction of sp³-hybridized carbons (Fsp3) is 0.833. The highest BCUT2D eigenvalue weighted by Gasteiger charge is 2.28. The van der Waals surface area contributed by atoms with E-state index in [-0.39, 0.29) is 0 Å². The summed E-state index contributed by atoms with van der Waals surface area (Å²) in [6, 6.07) is 0. The van der Waals surface area contributed by atoms with Crippen molar-refractivity contribution in [2.75, 3.05) is 50.7 Å². The molecule has 2 fully saturated rings. The first-order chi connectivity index (χ1) is 12.0. The molecular weight excluding hydrogens is 334 g/mol. The Morgan fingerprint density at radius 2 is 1.80 bits per heavy atom. The third-order valence-electron chi connectivity index (χ3n) is 5.14. The molecule has 1 amide bonds. The van der Waals surface area contributed by atoms with Gasteiger partial charge in [-0.2, -0.15) is 0 Å². The van der Waals surface area contributed by atoms with Crippen LogP contribution in [-0.2, 0) is 11.2 Å². The number of hydrogen-bond acceptors (Lipinski definition) is 6. The third kappa shape index (κ3) is 4.91. The Bertz CT molecular complexity index is 560. The van der Waals surface area contributed by atoms with Gasteiger partial charge in [0.15, 0.2) is 0 Å². The number of nitrogens with zero attached hydrogens (tertiary/aromatic N) is 5. The first kappa shape index (κ1) is 18.6. The molecule has 6 nitrogen and oxygen atoms in total. The van der Waals surface area contributed by atoms with Gasteiger partial charge in [0.05, 0.1) is 6.54 Å². The van der Waals surface area contributed by atoms with Crippen molar-refractivity contribution >= 4 is 22.4 Å². The highest BCUT2D eigenvalue weighted by molar-refractivity contribution is 7.15. The summed E-state index contributed by atoms with van der Waals surface area (Å²) in [5, 5.41) is 10.8. The second-order valence-electron chi connectivity index (χ2n) is 7.74. The van der Waals surface area contributed by atoms with Crippen LogP contribution < -0.4 is 4.90 Å². The number of anilines is 1. The number of piperazine rings is 1. The number of likely N-dealkylation sites (tertiary alicyclic amines) is 1. The maximum atomic E-state index is 12.6. The van der Waals surface area contributed by atoms with E-state index in [2.05, 4.69) is 45.7 Å². The zero-order valence-electron chi connectivity index (χ0n) is 15.8. The number of carbonyl (C=O) groups excluding carboxylic acids is 1. The van der Waals surface area contributed by atoms with E-state index in [1.807, 2.05) is 0 Å². The van der Waals surface area contributed by atoms with Crippen molar-refractivity contribution in [3.63, 3.8) is 0 Å². The zero-order chi connectivity index (χ0) is 17.8. The number of amides is 1. The van der Waals surface area contributed by atoms with Crippen LogP contribution in [0.25, 0.3) is 0 Å². The zero-order valence-corrected chi connectivity index (χ0v) is 16.6. The molecule has 0 bridgehead atoms. The van der Waals surface area contributed by atoms with Gasteiger partial charge in [0, 0.05) is 45.7 Å². The molecule has 2 unspecified atom stereocenters. The summed E-state index contributed by atoms with van der Waals surface area (Å²) in [6.45, 7) is 12.8. The summed E-state index contributed by atoms with van der Waals surface area (Å²) in [5.74, 6) is 1.55. The highest BCUT2D eigenvalue weighted by atomic mass is 32.1. The molecule has 2 saturated heterocycles. The Labute approximate surface area is 155 Å². The van der Waals surface area contributed by atoms with Gasteiger partial charge in [-0.25, -0.2) is 0 Å². The van der Waals surface area contributed by atoms with Gasteiger partial charge in [-0.05, 0) is 24.7 Å². The predicted molar refractivity (Wildman–Crippen MR) is 102 cm³/mol. The van der Waals surface area contributed by atoms with Crippen molar-refractivity contribution in [3.8, 4) is 0 Å². The Morgan fingerprint density at radius 1 is 1.12 bits per heavy atom. The van der Waals surface area contributed by atoms with Gasteiger partial charge in [-0.1, -0.05) is 32.1 Å².